The molecule has 0 aliphatic rings. The van der Waals surface area contributed by atoms with Crippen molar-refractivity contribution in [3.63, 3.8) is 0 Å². The van der Waals surface area contributed by atoms with Crippen LogP contribution in [0, 0.1) is 0 Å². The van der Waals surface area contributed by atoms with Crippen molar-refractivity contribution in [1.82, 2.24) is 4.98 Å². The Labute approximate surface area is 109 Å². The summed E-state index contributed by atoms with van der Waals surface area (Å²) in [5, 5.41) is 0. The highest BCUT2D eigenvalue weighted by Gasteiger charge is 1.98. The van der Waals surface area contributed by atoms with Crippen molar-refractivity contribution in [3.8, 4) is 5.75 Å². The maximum absolute atomic E-state index is 5.64. The van der Waals surface area contributed by atoms with Crippen LogP contribution in [-0.4, -0.2) is 4.98 Å². The van der Waals surface area contributed by atoms with Crippen LogP contribution in [0.15, 0.2) is 47.2 Å². The van der Waals surface area contributed by atoms with Crippen molar-refractivity contribution >= 4 is 15.9 Å². The van der Waals surface area contributed by atoms with Crippen molar-refractivity contribution < 1.29 is 4.74 Å². The van der Waals surface area contributed by atoms with Gasteiger partial charge in [-0.05, 0) is 35.9 Å². The summed E-state index contributed by atoms with van der Waals surface area (Å²) < 4.78 is 6.68. The number of nitrogens with two attached hydrogens (primary N) is 1. The molecule has 0 atom stereocenters. The van der Waals surface area contributed by atoms with Crippen LogP contribution in [0.5, 0.6) is 5.75 Å². The number of ether oxygens (including phenoxy) is 1. The lowest BCUT2D eigenvalue weighted by Gasteiger charge is -2.06. The summed E-state index contributed by atoms with van der Waals surface area (Å²) in [5.74, 6) is 0.839. The van der Waals surface area contributed by atoms with Gasteiger partial charge < -0.3 is 10.5 Å². The van der Waals surface area contributed by atoms with Gasteiger partial charge in [-0.15, -0.1) is 0 Å². The zero-order valence-corrected chi connectivity index (χ0v) is 10.9. The van der Waals surface area contributed by atoms with E-state index in [1.54, 1.807) is 12.4 Å². The Morgan fingerprint density at radius 2 is 1.82 bits per heavy atom. The van der Waals surface area contributed by atoms with Gasteiger partial charge in [0.05, 0.1) is 0 Å². The second-order valence-corrected chi connectivity index (χ2v) is 4.56. The zero-order valence-electron chi connectivity index (χ0n) is 9.27. The van der Waals surface area contributed by atoms with Crippen LogP contribution in [0.25, 0.3) is 0 Å². The molecule has 0 unspecified atom stereocenters. The summed E-state index contributed by atoms with van der Waals surface area (Å²) in [6.45, 7) is 1.00. The van der Waals surface area contributed by atoms with Gasteiger partial charge in [-0.3, -0.25) is 4.98 Å². The summed E-state index contributed by atoms with van der Waals surface area (Å²) in [4.78, 5) is 4.11. The predicted molar refractivity (Wildman–Crippen MR) is 70.6 cm³/mol. The van der Waals surface area contributed by atoms with Crippen molar-refractivity contribution in [2.24, 2.45) is 5.73 Å². The van der Waals surface area contributed by atoms with Crippen LogP contribution in [0.2, 0.25) is 0 Å². The fraction of sp³-hybridized carbons (Fsp3) is 0.154. The highest BCUT2D eigenvalue weighted by Crippen LogP contribution is 2.17. The van der Waals surface area contributed by atoms with Gasteiger partial charge in [0.1, 0.15) is 12.4 Å². The largest absolute Gasteiger partial charge is 0.489 e. The van der Waals surface area contributed by atoms with E-state index in [-0.39, 0.29) is 0 Å². The molecule has 0 saturated heterocycles. The number of hydrogen-bond acceptors (Lipinski definition) is 3. The lowest BCUT2D eigenvalue weighted by Crippen LogP contribution is -2.01. The van der Waals surface area contributed by atoms with E-state index in [2.05, 4.69) is 20.9 Å². The van der Waals surface area contributed by atoms with E-state index in [1.807, 2.05) is 30.3 Å². The molecule has 0 radical (unpaired) electrons. The van der Waals surface area contributed by atoms with Gasteiger partial charge in [-0.2, -0.15) is 0 Å². The van der Waals surface area contributed by atoms with Crippen LogP contribution in [0.4, 0.5) is 0 Å². The summed E-state index contributed by atoms with van der Waals surface area (Å²) in [5.41, 5.74) is 7.60. The number of nitrogens with zero attached hydrogens (tertiary/aromatic N) is 1. The maximum atomic E-state index is 5.64. The van der Waals surface area contributed by atoms with Crippen molar-refractivity contribution in [1.29, 1.82) is 0 Å². The molecule has 2 rings (SSSR count). The monoisotopic (exact) mass is 292 g/mol. The zero-order chi connectivity index (χ0) is 12.1. The Morgan fingerprint density at radius 1 is 1.12 bits per heavy atom. The third-order valence-electron chi connectivity index (χ3n) is 2.31. The molecule has 4 heteroatoms. The molecule has 0 aliphatic carbocycles. The van der Waals surface area contributed by atoms with Gasteiger partial charge in [0, 0.05) is 29.0 Å². The topological polar surface area (TPSA) is 48.1 Å². The molecule has 17 heavy (non-hydrogen) atoms. The molecule has 0 bridgehead atoms. The molecule has 0 fully saturated rings. The molecule has 0 aliphatic heterocycles. The molecule has 2 N–H and O–H groups in total. The summed E-state index contributed by atoms with van der Waals surface area (Å²) >= 11 is 3.38. The molecule has 0 amide bonds. The first-order chi connectivity index (χ1) is 8.28. The van der Waals surface area contributed by atoms with Crippen LogP contribution >= 0.6 is 15.9 Å². The number of rotatable bonds is 4. The van der Waals surface area contributed by atoms with Crippen LogP contribution in [0.1, 0.15) is 11.1 Å². The minimum absolute atomic E-state index is 0.499. The van der Waals surface area contributed by atoms with E-state index in [0.29, 0.717) is 13.2 Å². The lowest BCUT2D eigenvalue weighted by atomic mass is 10.2. The molecule has 1 aromatic carbocycles. The third-order valence-corrected chi connectivity index (χ3v) is 2.84. The summed E-state index contributed by atoms with van der Waals surface area (Å²) in [7, 11) is 0. The molecule has 1 aromatic heterocycles. The van der Waals surface area contributed by atoms with E-state index in [1.165, 1.54) is 0 Å². The van der Waals surface area contributed by atoms with Crippen molar-refractivity contribution in [2.75, 3.05) is 0 Å². The minimum atomic E-state index is 0.499. The smallest absolute Gasteiger partial charge is 0.119 e. The van der Waals surface area contributed by atoms with E-state index in [0.717, 1.165) is 21.3 Å². The second-order valence-electron chi connectivity index (χ2n) is 3.65. The number of benzene rings is 1. The third kappa shape index (κ3) is 3.54. The van der Waals surface area contributed by atoms with E-state index in [4.69, 9.17) is 10.5 Å². The minimum Gasteiger partial charge on any atom is -0.489 e. The van der Waals surface area contributed by atoms with Crippen LogP contribution < -0.4 is 10.5 Å². The number of aromatic nitrogens is 1. The van der Waals surface area contributed by atoms with Crippen LogP contribution in [-0.2, 0) is 13.2 Å². The summed E-state index contributed by atoms with van der Waals surface area (Å²) in [6, 6.07) is 9.74. The first-order valence-corrected chi connectivity index (χ1v) is 6.08. The Bertz CT molecular complexity index is 485. The van der Waals surface area contributed by atoms with E-state index >= 15 is 0 Å². The van der Waals surface area contributed by atoms with Crippen molar-refractivity contribution in [2.45, 2.75) is 13.2 Å². The number of halogens is 1. The fourth-order valence-corrected chi connectivity index (χ4v) is 1.69. The first-order valence-electron chi connectivity index (χ1n) is 5.29. The normalized spacial score (nSPS) is 10.2. The maximum Gasteiger partial charge on any atom is 0.119 e. The number of hydrogen-bond donors (Lipinski definition) is 1. The Morgan fingerprint density at radius 3 is 2.53 bits per heavy atom. The van der Waals surface area contributed by atoms with E-state index < -0.39 is 0 Å². The van der Waals surface area contributed by atoms with E-state index in [9.17, 15) is 0 Å². The standard InChI is InChI=1S/C13H13BrN2O/c14-12-1-3-13(4-2-12)17-9-11-5-10(6-15)7-16-8-11/h1-5,7-8H,6,9,15H2. The quantitative estimate of drug-likeness (QED) is 0.943. The molecular weight excluding hydrogens is 280 g/mol. The van der Waals surface area contributed by atoms with Gasteiger partial charge in [0.2, 0.25) is 0 Å². The molecule has 1 heterocycles. The van der Waals surface area contributed by atoms with Gasteiger partial charge in [0.25, 0.3) is 0 Å². The Hall–Kier alpha value is -1.39. The average molecular weight is 293 g/mol. The Kier molecular flexibility index (Phi) is 4.12. The highest BCUT2D eigenvalue weighted by molar-refractivity contribution is 9.10. The molecule has 3 nitrogen and oxygen atoms in total. The SMILES string of the molecule is NCc1cncc(COc2ccc(Br)cc2)c1. The molecular formula is C13H13BrN2O. The van der Waals surface area contributed by atoms with Gasteiger partial charge in [0.15, 0.2) is 0 Å². The molecule has 88 valence electrons. The predicted octanol–water partition coefficient (Wildman–Crippen LogP) is 2.88. The van der Waals surface area contributed by atoms with Crippen molar-refractivity contribution in [3.05, 3.63) is 58.3 Å². The van der Waals surface area contributed by atoms with Gasteiger partial charge >= 0.3 is 0 Å². The van der Waals surface area contributed by atoms with Gasteiger partial charge in [-0.25, -0.2) is 0 Å². The average Bonchev–Trinajstić information content (AvgIpc) is 2.38. The molecule has 2 aromatic rings. The van der Waals surface area contributed by atoms with Crippen LogP contribution in [0.3, 0.4) is 0 Å². The number of pyridine rings is 1. The first kappa shape index (κ1) is 12.1. The lowest BCUT2D eigenvalue weighted by molar-refractivity contribution is 0.305. The second kappa shape index (κ2) is 5.80. The highest BCUT2D eigenvalue weighted by atomic mass is 79.9. The molecule has 0 saturated carbocycles. The molecule has 0 spiro atoms. The van der Waals surface area contributed by atoms with Gasteiger partial charge in [-0.1, -0.05) is 15.9 Å². The fourth-order valence-electron chi connectivity index (χ4n) is 1.43. The Balaban J connectivity index is 1.99. The summed E-state index contributed by atoms with van der Waals surface area (Å²) in [6.07, 6.45) is 3.56.